The normalized spacial score (nSPS) is 16.5. The second-order valence-electron chi connectivity index (χ2n) is 4.04. The summed E-state index contributed by atoms with van der Waals surface area (Å²) in [7, 11) is 2.07. The fraction of sp³-hybridized carbons (Fsp3) is 0.636. The van der Waals surface area contributed by atoms with Crippen molar-refractivity contribution in [3.8, 4) is 0 Å². The molecule has 1 aromatic heterocycles. The largest absolute Gasteiger partial charge is 0.395 e. The molecule has 0 aliphatic heterocycles. The van der Waals surface area contributed by atoms with E-state index in [0.29, 0.717) is 0 Å². The molecule has 1 fully saturated rings. The zero-order chi connectivity index (χ0) is 9.97. The Balaban J connectivity index is 1.96. The van der Waals surface area contributed by atoms with Crippen LogP contribution in [0.4, 0.5) is 0 Å². The summed E-state index contributed by atoms with van der Waals surface area (Å²) < 4.78 is 2.15. The molecule has 0 spiro atoms. The van der Waals surface area contributed by atoms with Gasteiger partial charge in [-0.3, -0.25) is 4.90 Å². The van der Waals surface area contributed by atoms with Crippen LogP contribution in [0.2, 0.25) is 0 Å². The van der Waals surface area contributed by atoms with Crippen molar-refractivity contribution in [2.45, 2.75) is 25.4 Å². The maximum atomic E-state index is 8.96. The van der Waals surface area contributed by atoms with E-state index in [4.69, 9.17) is 5.11 Å². The van der Waals surface area contributed by atoms with Crippen LogP contribution in [0.25, 0.3) is 0 Å². The van der Waals surface area contributed by atoms with E-state index < -0.39 is 0 Å². The van der Waals surface area contributed by atoms with Gasteiger partial charge in [-0.05, 0) is 25.0 Å². The van der Waals surface area contributed by atoms with Crippen LogP contribution in [0.15, 0.2) is 18.3 Å². The predicted octanol–water partition coefficient (Wildman–Crippen LogP) is 0.982. The molecule has 0 aromatic carbocycles. The van der Waals surface area contributed by atoms with Crippen molar-refractivity contribution in [3.63, 3.8) is 0 Å². The summed E-state index contributed by atoms with van der Waals surface area (Å²) in [6.07, 6.45) is 4.66. The minimum Gasteiger partial charge on any atom is -0.395 e. The first-order valence-corrected chi connectivity index (χ1v) is 5.26. The molecule has 1 saturated carbocycles. The molecule has 1 aromatic rings. The number of aliphatic hydroxyl groups is 1. The van der Waals surface area contributed by atoms with E-state index in [0.717, 1.165) is 19.1 Å². The van der Waals surface area contributed by atoms with E-state index in [9.17, 15) is 0 Å². The van der Waals surface area contributed by atoms with E-state index >= 15 is 0 Å². The highest BCUT2D eigenvalue weighted by Crippen LogP contribution is 2.27. The topological polar surface area (TPSA) is 28.4 Å². The van der Waals surface area contributed by atoms with Crippen LogP contribution in [-0.2, 0) is 13.6 Å². The van der Waals surface area contributed by atoms with Gasteiger partial charge in [0.25, 0.3) is 0 Å². The second-order valence-corrected chi connectivity index (χ2v) is 4.04. The summed E-state index contributed by atoms with van der Waals surface area (Å²) in [5.41, 5.74) is 1.32. The zero-order valence-electron chi connectivity index (χ0n) is 8.69. The molecule has 1 N–H and O–H groups in total. The van der Waals surface area contributed by atoms with Crippen molar-refractivity contribution in [2.75, 3.05) is 13.2 Å². The zero-order valence-corrected chi connectivity index (χ0v) is 8.69. The van der Waals surface area contributed by atoms with Gasteiger partial charge in [0.1, 0.15) is 0 Å². The van der Waals surface area contributed by atoms with Crippen LogP contribution in [0.3, 0.4) is 0 Å². The van der Waals surface area contributed by atoms with E-state index in [1.807, 2.05) is 0 Å². The molecule has 78 valence electrons. The van der Waals surface area contributed by atoms with Crippen molar-refractivity contribution in [3.05, 3.63) is 24.0 Å². The average Bonchev–Trinajstić information content (AvgIpc) is 2.93. The van der Waals surface area contributed by atoms with Gasteiger partial charge in [-0.15, -0.1) is 0 Å². The molecule has 0 unspecified atom stereocenters. The van der Waals surface area contributed by atoms with Gasteiger partial charge in [0.2, 0.25) is 0 Å². The van der Waals surface area contributed by atoms with Crippen LogP contribution >= 0.6 is 0 Å². The molecule has 14 heavy (non-hydrogen) atoms. The maximum absolute atomic E-state index is 8.96. The first kappa shape index (κ1) is 9.74. The fourth-order valence-corrected chi connectivity index (χ4v) is 1.83. The van der Waals surface area contributed by atoms with Crippen LogP contribution < -0.4 is 0 Å². The first-order chi connectivity index (χ1) is 6.81. The quantitative estimate of drug-likeness (QED) is 0.757. The standard InChI is InChI=1S/C11H18N2O/c1-12-6-2-3-11(12)9-13(7-8-14)10-4-5-10/h2-3,6,10,14H,4-5,7-9H2,1H3. The summed E-state index contributed by atoms with van der Waals surface area (Å²) in [5, 5.41) is 8.96. The Morgan fingerprint density at radius 2 is 2.36 bits per heavy atom. The molecule has 0 amide bonds. The van der Waals surface area contributed by atoms with E-state index in [2.05, 4.69) is 34.8 Å². The van der Waals surface area contributed by atoms with E-state index in [1.165, 1.54) is 18.5 Å². The van der Waals surface area contributed by atoms with Crippen LogP contribution in [0, 0.1) is 0 Å². The molecule has 1 heterocycles. The van der Waals surface area contributed by atoms with Gasteiger partial charge in [0.15, 0.2) is 0 Å². The van der Waals surface area contributed by atoms with Gasteiger partial charge in [0, 0.05) is 38.1 Å². The average molecular weight is 194 g/mol. The van der Waals surface area contributed by atoms with Crippen LogP contribution in [0.1, 0.15) is 18.5 Å². The predicted molar refractivity (Wildman–Crippen MR) is 55.9 cm³/mol. The molecule has 3 heteroatoms. The Morgan fingerprint density at radius 1 is 1.57 bits per heavy atom. The Labute approximate surface area is 85.0 Å². The third-order valence-electron chi connectivity index (χ3n) is 2.87. The summed E-state index contributed by atoms with van der Waals surface area (Å²) in [5.74, 6) is 0. The van der Waals surface area contributed by atoms with Gasteiger partial charge in [-0.1, -0.05) is 0 Å². The molecule has 0 atom stereocenters. The minimum atomic E-state index is 0.265. The Hall–Kier alpha value is -0.800. The number of hydrogen-bond acceptors (Lipinski definition) is 2. The molecular formula is C11H18N2O. The molecule has 1 aliphatic rings. The molecule has 0 bridgehead atoms. The lowest BCUT2D eigenvalue weighted by Crippen LogP contribution is -2.29. The SMILES string of the molecule is Cn1cccc1CN(CCO)C1CC1. The van der Waals surface area contributed by atoms with Gasteiger partial charge in [0.05, 0.1) is 6.61 Å². The molecule has 0 radical (unpaired) electrons. The van der Waals surface area contributed by atoms with Crippen molar-refractivity contribution in [1.82, 2.24) is 9.47 Å². The molecule has 3 nitrogen and oxygen atoms in total. The Kier molecular flexibility index (Phi) is 2.89. The van der Waals surface area contributed by atoms with Gasteiger partial charge < -0.3 is 9.67 Å². The van der Waals surface area contributed by atoms with Crippen molar-refractivity contribution >= 4 is 0 Å². The second kappa shape index (κ2) is 4.15. The smallest absolute Gasteiger partial charge is 0.0558 e. The molecule has 1 aliphatic carbocycles. The summed E-state index contributed by atoms with van der Waals surface area (Å²) in [4.78, 5) is 2.37. The highest BCUT2D eigenvalue weighted by Gasteiger charge is 2.28. The minimum absolute atomic E-state index is 0.265. The molecule has 0 saturated heterocycles. The lowest BCUT2D eigenvalue weighted by molar-refractivity contribution is 0.181. The number of aromatic nitrogens is 1. The van der Waals surface area contributed by atoms with Crippen molar-refractivity contribution in [2.24, 2.45) is 7.05 Å². The lowest BCUT2D eigenvalue weighted by Gasteiger charge is -2.20. The van der Waals surface area contributed by atoms with E-state index in [-0.39, 0.29) is 6.61 Å². The Bertz CT molecular complexity index is 291. The number of nitrogens with zero attached hydrogens (tertiary/aromatic N) is 2. The van der Waals surface area contributed by atoms with E-state index in [1.54, 1.807) is 0 Å². The summed E-state index contributed by atoms with van der Waals surface area (Å²) in [6.45, 7) is 2.03. The lowest BCUT2D eigenvalue weighted by atomic mass is 10.3. The third-order valence-corrected chi connectivity index (χ3v) is 2.87. The monoisotopic (exact) mass is 194 g/mol. The third kappa shape index (κ3) is 2.16. The molecule has 2 rings (SSSR count). The number of aryl methyl sites for hydroxylation is 1. The summed E-state index contributed by atoms with van der Waals surface area (Å²) >= 11 is 0. The highest BCUT2D eigenvalue weighted by molar-refractivity contribution is 5.07. The highest BCUT2D eigenvalue weighted by atomic mass is 16.3. The van der Waals surface area contributed by atoms with Gasteiger partial charge >= 0.3 is 0 Å². The fourth-order valence-electron chi connectivity index (χ4n) is 1.83. The van der Waals surface area contributed by atoms with Crippen molar-refractivity contribution < 1.29 is 5.11 Å². The Morgan fingerprint density at radius 3 is 2.86 bits per heavy atom. The summed E-state index contributed by atoms with van der Waals surface area (Å²) in [6, 6.07) is 4.93. The number of rotatable bonds is 5. The number of aliphatic hydroxyl groups excluding tert-OH is 1. The number of hydrogen-bond donors (Lipinski definition) is 1. The maximum Gasteiger partial charge on any atom is 0.0558 e. The van der Waals surface area contributed by atoms with Gasteiger partial charge in [-0.25, -0.2) is 0 Å². The van der Waals surface area contributed by atoms with Crippen molar-refractivity contribution in [1.29, 1.82) is 0 Å². The van der Waals surface area contributed by atoms with Crippen LogP contribution in [-0.4, -0.2) is 33.8 Å². The first-order valence-electron chi connectivity index (χ1n) is 5.26. The van der Waals surface area contributed by atoms with Gasteiger partial charge in [-0.2, -0.15) is 0 Å². The van der Waals surface area contributed by atoms with Crippen LogP contribution in [0.5, 0.6) is 0 Å². The molecular weight excluding hydrogens is 176 g/mol.